The van der Waals surface area contributed by atoms with Gasteiger partial charge < -0.3 is 8.83 Å². The lowest BCUT2D eigenvalue weighted by molar-refractivity contribution is 0.668. The number of furan rings is 2. The van der Waals surface area contributed by atoms with Crippen molar-refractivity contribution in [2.24, 2.45) is 0 Å². The predicted molar refractivity (Wildman–Crippen MR) is 290 cm³/mol. The molecule has 70 heavy (non-hydrogen) atoms. The third-order valence-electron chi connectivity index (χ3n) is 14.4. The first kappa shape index (κ1) is 37.9. The van der Waals surface area contributed by atoms with Gasteiger partial charge in [0.2, 0.25) is 5.95 Å². The van der Waals surface area contributed by atoms with Crippen LogP contribution in [-0.2, 0) is 0 Å². The van der Waals surface area contributed by atoms with Crippen molar-refractivity contribution in [3.05, 3.63) is 206 Å². The summed E-state index contributed by atoms with van der Waals surface area (Å²) in [7, 11) is 0. The van der Waals surface area contributed by atoms with Crippen LogP contribution in [-0.4, -0.2) is 19.5 Å². The van der Waals surface area contributed by atoms with Gasteiger partial charge in [-0.1, -0.05) is 158 Å². The number of fused-ring (bicyclic) bond motifs is 19. The molecule has 0 radical (unpaired) electrons. The van der Waals surface area contributed by atoms with E-state index < -0.39 is 0 Å². The van der Waals surface area contributed by atoms with Crippen LogP contribution in [0.15, 0.2) is 215 Å². The van der Waals surface area contributed by atoms with Gasteiger partial charge in [-0.05, 0) is 81.0 Å². The standard InChI is InChI=1S/C63H34N4O2S/c1-2-13-39-35(12-1)27-31-55-57(39)49-30-24-36(34-56(49)70-55)40-20-11-21-50-58-47-18-5-3-14-41(47)42-15-4-6-19-48(42)60(58)67(59(40)50)63-65-61(37-25-28-45-43-16-7-9-22-51(43)68-53(45)32-37)64-62(66-63)38-26-29-46-44-17-8-10-23-52(44)69-54(46)33-38/h1-34H. The lowest BCUT2D eigenvalue weighted by atomic mass is 9.95. The molecule has 16 aromatic rings. The summed E-state index contributed by atoms with van der Waals surface area (Å²) in [5, 5.41) is 16.2. The fourth-order valence-corrected chi connectivity index (χ4v) is 12.5. The van der Waals surface area contributed by atoms with Crippen LogP contribution in [0.25, 0.3) is 158 Å². The van der Waals surface area contributed by atoms with Gasteiger partial charge in [0.05, 0.1) is 11.0 Å². The summed E-state index contributed by atoms with van der Waals surface area (Å²) in [6.07, 6.45) is 0. The van der Waals surface area contributed by atoms with E-state index in [-0.39, 0.29) is 0 Å². The maximum absolute atomic E-state index is 6.46. The molecule has 0 aliphatic heterocycles. The zero-order valence-corrected chi connectivity index (χ0v) is 38.0. The minimum absolute atomic E-state index is 0.511. The average Bonchev–Trinajstić information content (AvgIpc) is 4.19. The number of nitrogens with zero attached hydrogens (tertiary/aromatic N) is 4. The van der Waals surface area contributed by atoms with Crippen molar-refractivity contribution in [2.45, 2.75) is 0 Å². The molecule has 5 heterocycles. The predicted octanol–water partition coefficient (Wildman–Crippen LogP) is 17.6. The summed E-state index contributed by atoms with van der Waals surface area (Å²) >= 11 is 1.85. The Morgan fingerprint density at radius 1 is 0.329 bits per heavy atom. The van der Waals surface area contributed by atoms with Crippen LogP contribution in [0.5, 0.6) is 0 Å². The first-order chi connectivity index (χ1) is 34.7. The van der Waals surface area contributed by atoms with Gasteiger partial charge in [0, 0.05) is 74.6 Å². The van der Waals surface area contributed by atoms with Crippen molar-refractivity contribution in [3.63, 3.8) is 0 Å². The summed E-state index contributed by atoms with van der Waals surface area (Å²) < 4.78 is 17.8. The lowest BCUT2D eigenvalue weighted by Crippen LogP contribution is -2.07. The minimum Gasteiger partial charge on any atom is -0.456 e. The second-order valence-electron chi connectivity index (χ2n) is 18.2. The molecular formula is C63H34N4O2S. The van der Waals surface area contributed by atoms with Gasteiger partial charge >= 0.3 is 0 Å². The fraction of sp³-hybridized carbons (Fsp3) is 0. The van der Waals surface area contributed by atoms with E-state index >= 15 is 0 Å². The van der Waals surface area contributed by atoms with Crippen LogP contribution in [0.4, 0.5) is 0 Å². The quantitative estimate of drug-likeness (QED) is 0.165. The number of hydrogen-bond acceptors (Lipinski definition) is 6. The zero-order valence-electron chi connectivity index (χ0n) is 37.1. The molecule has 0 atom stereocenters. The number of aromatic nitrogens is 4. The molecule has 0 saturated heterocycles. The molecule has 6 nitrogen and oxygen atoms in total. The SMILES string of the molecule is c1ccc2c(c1)ccc1sc3cc(-c4cccc5c6c7ccccc7c7ccccc7c6n(-c6nc(-c7ccc8c(c7)oc7ccccc78)nc(-c7ccc8c(c7)oc7ccccc78)n6)c45)ccc3c12. The van der Waals surface area contributed by atoms with E-state index in [9.17, 15) is 0 Å². The average molecular weight is 911 g/mol. The Morgan fingerprint density at radius 2 is 0.871 bits per heavy atom. The highest BCUT2D eigenvalue weighted by Crippen LogP contribution is 2.47. The van der Waals surface area contributed by atoms with Crippen molar-refractivity contribution < 1.29 is 8.83 Å². The van der Waals surface area contributed by atoms with Crippen molar-refractivity contribution in [2.75, 3.05) is 0 Å². The van der Waals surface area contributed by atoms with Crippen molar-refractivity contribution >= 4 is 130 Å². The van der Waals surface area contributed by atoms with Crippen LogP contribution in [0, 0.1) is 0 Å². The molecule has 0 saturated carbocycles. The van der Waals surface area contributed by atoms with E-state index in [2.05, 4.69) is 174 Å². The van der Waals surface area contributed by atoms with Crippen LogP contribution >= 0.6 is 11.3 Å². The molecule has 0 N–H and O–H groups in total. The first-order valence-electron chi connectivity index (χ1n) is 23.5. The minimum atomic E-state index is 0.511. The van der Waals surface area contributed by atoms with Crippen molar-refractivity contribution in [1.82, 2.24) is 19.5 Å². The van der Waals surface area contributed by atoms with E-state index in [0.29, 0.717) is 17.6 Å². The van der Waals surface area contributed by atoms with Gasteiger partial charge in [-0.15, -0.1) is 11.3 Å². The molecule has 0 amide bonds. The Kier molecular flexibility index (Phi) is 7.67. The van der Waals surface area contributed by atoms with Crippen LogP contribution in [0.1, 0.15) is 0 Å². The van der Waals surface area contributed by atoms with E-state index in [1.54, 1.807) is 0 Å². The van der Waals surface area contributed by atoms with E-state index in [0.717, 1.165) is 98.7 Å². The molecule has 0 bridgehead atoms. The maximum Gasteiger partial charge on any atom is 0.238 e. The van der Waals surface area contributed by atoms with Crippen LogP contribution in [0.3, 0.4) is 0 Å². The summed E-state index contributed by atoms with van der Waals surface area (Å²) in [6, 6.07) is 73.3. The van der Waals surface area contributed by atoms with Gasteiger partial charge in [-0.3, -0.25) is 4.57 Å². The fourth-order valence-electron chi connectivity index (χ4n) is 11.3. The molecule has 0 aliphatic rings. The highest BCUT2D eigenvalue weighted by Gasteiger charge is 2.25. The Bertz CT molecular complexity index is 4790. The second-order valence-corrected chi connectivity index (χ2v) is 19.3. The lowest BCUT2D eigenvalue weighted by Gasteiger charge is -2.14. The van der Waals surface area contributed by atoms with Crippen LogP contribution < -0.4 is 0 Å². The molecule has 11 aromatic carbocycles. The molecule has 0 unspecified atom stereocenters. The third-order valence-corrected chi connectivity index (χ3v) is 15.5. The first-order valence-corrected chi connectivity index (χ1v) is 24.3. The monoisotopic (exact) mass is 910 g/mol. The van der Waals surface area contributed by atoms with Gasteiger partial charge in [0.15, 0.2) is 11.6 Å². The van der Waals surface area contributed by atoms with Gasteiger partial charge in [-0.2, -0.15) is 9.97 Å². The molecule has 0 aliphatic carbocycles. The molecule has 16 rings (SSSR count). The summed E-state index contributed by atoms with van der Waals surface area (Å²) in [5.74, 6) is 1.57. The van der Waals surface area contributed by atoms with Gasteiger partial charge in [-0.25, -0.2) is 4.98 Å². The summed E-state index contributed by atoms with van der Waals surface area (Å²) in [6.45, 7) is 0. The third kappa shape index (κ3) is 5.35. The highest BCUT2D eigenvalue weighted by molar-refractivity contribution is 7.26. The number of para-hydroxylation sites is 3. The van der Waals surface area contributed by atoms with E-state index in [1.807, 2.05) is 47.7 Å². The van der Waals surface area contributed by atoms with Gasteiger partial charge in [0.1, 0.15) is 22.3 Å². The summed E-state index contributed by atoms with van der Waals surface area (Å²) in [4.78, 5) is 16.4. The van der Waals surface area contributed by atoms with Gasteiger partial charge in [0.25, 0.3) is 0 Å². The second kappa shape index (κ2) is 14.2. The Labute approximate surface area is 401 Å². The van der Waals surface area contributed by atoms with Crippen molar-refractivity contribution in [3.8, 4) is 39.9 Å². The van der Waals surface area contributed by atoms with Crippen LogP contribution in [0.2, 0.25) is 0 Å². The van der Waals surface area contributed by atoms with E-state index in [4.69, 9.17) is 23.8 Å². The zero-order chi connectivity index (χ0) is 45.6. The number of rotatable bonds is 4. The molecule has 0 fully saturated rings. The smallest absolute Gasteiger partial charge is 0.238 e. The molecule has 5 aromatic heterocycles. The topological polar surface area (TPSA) is 69.9 Å². The van der Waals surface area contributed by atoms with E-state index in [1.165, 1.54) is 41.7 Å². The Balaban J connectivity index is 1.02. The normalized spacial score (nSPS) is 12.3. The number of thiophene rings is 1. The summed E-state index contributed by atoms with van der Waals surface area (Å²) in [5.41, 5.74) is 9.12. The Hall–Kier alpha value is -9.17. The maximum atomic E-state index is 6.46. The largest absolute Gasteiger partial charge is 0.456 e. The number of benzene rings is 11. The van der Waals surface area contributed by atoms with Crippen molar-refractivity contribution in [1.29, 1.82) is 0 Å². The Morgan fingerprint density at radius 3 is 1.57 bits per heavy atom. The molecule has 0 spiro atoms. The molecule has 7 heteroatoms. The number of hydrogen-bond donors (Lipinski definition) is 0. The molecular weight excluding hydrogens is 877 g/mol. The highest BCUT2D eigenvalue weighted by atomic mass is 32.1. The molecule has 324 valence electrons.